The molecule has 0 radical (unpaired) electrons. The number of benzene rings is 11. The van der Waals surface area contributed by atoms with Gasteiger partial charge in [-0.05, 0) is 107 Å². The third kappa shape index (κ3) is 4.43. The van der Waals surface area contributed by atoms with Crippen molar-refractivity contribution in [2.75, 3.05) is 4.90 Å². The van der Waals surface area contributed by atoms with Gasteiger partial charge in [-0.15, -0.1) is 0 Å². The highest BCUT2D eigenvalue weighted by Gasteiger charge is 2.22. The molecule has 0 unspecified atom stereocenters. The van der Waals surface area contributed by atoms with E-state index >= 15 is 0 Å². The minimum atomic E-state index is 0.908. The Kier molecular flexibility index (Phi) is 6.47. The molecule has 0 aliphatic carbocycles. The molecule has 0 aliphatic rings. The molecule has 1 heterocycles. The molecule has 0 saturated carbocycles. The van der Waals surface area contributed by atoms with Crippen LogP contribution >= 0.6 is 0 Å². The van der Waals surface area contributed by atoms with E-state index in [-0.39, 0.29) is 0 Å². The summed E-state index contributed by atoms with van der Waals surface area (Å²) in [6.07, 6.45) is 0. The summed E-state index contributed by atoms with van der Waals surface area (Å²) >= 11 is 0. The molecule has 0 N–H and O–H groups in total. The van der Waals surface area contributed by atoms with Gasteiger partial charge in [0.2, 0.25) is 0 Å². The molecule has 0 fully saturated rings. The van der Waals surface area contributed by atoms with Crippen LogP contribution in [0.2, 0.25) is 0 Å². The van der Waals surface area contributed by atoms with Gasteiger partial charge >= 0.3 is 0 Å². The van der Waals surface area contributed by atoms with Gasteiger partial charge in [0.15, 0.2) is 0 Å². The number of rotatable bonds is 4. The van der Waals surface area contributed by atoms with Crippen molar-refractivity contribution in [1.29, 1.82) is 0 Å². The number of fused-ring (bicyclic) bond motifs is 6. The molecule has 0 saturated heterocycles. The summed E-state index contributed by atoms with van der Waals surface area (Å²) < 4.78 is 6.48. The lowest BCUT2D eigenvalue weighted by Crippen LogP contribution is -2.11. The van der Waals surface area contributed by atoms with E-state index in [0.717, 1.165) is 50.1 Å². The Morgan fingerprint density at radius 1 is 0.310 bits per heavy atom. The largest absolute Gasteiger partial charge is 0.455 e. The maximum Gasteiger partial charge on any atom is 0.143 e. The van der Waals surface area contributed by atoms with Crippen LogP contribution in [0, 0.1) is 0 Å². The van der Waals surface area contributed by atoms with E-state index in [2.05, 4.69) is 193 Å². The minimum absolute atomic E-state index is 0.908. The standard InChI is InChI=1S/C56H33NO/c1-2-11-38-32-41(31-26-34(38)10-1)57(40-29-27-35(28-30-40)42-16-8-21-48-43-15-3-4-23-51(43)58-56(42)48)50-33-39-14-7-19-45-44-17-5-12-36-24-25-37-13-6-18-46(53(37)52(36)44)47-20-9-22-49(50)55(47)54(39)45/h1-33H. The van der Waals surface area contributed by atoms with Crippen LogP contribution in [0.4, 0.5) is 17.1 Å². The van der Waals surface area contributed by atoms with E-state index in [0.29, 0.717) is 0 Å². The van der Waals surface area contributed by atoms with Crippen molar-refractivity contribution >= 4 is 114 Å². The summed E-state index contributed by atoms with van der Waals surface area (Å²) in [6, 6.07) is 73.6. The van der Waals surface area contributed by atoms with Crippen molar-refractivity contribution in [2.45, 2.75) is 0 Å². The van der Waals surface area contributed by atoms with E-state index in [4.69, 9.17) is 4.42 Å². The molecular formula is C56H33NO. The molecule has 12 aromatic carbocycles. The topological polar surface area (TPSA) is 16.4 Å². The van der Waals surface area contributed by atoms with Gasteiger partial charge in [0, 0.05) is 38.5 Å². The van der Waals surface area contributed by atoms with Crippen molar-refractivity contribution in [2.24, 2.45) is 0 Å². The number of furan rings is 1. The van der Waals surface area contributed by atoms with Gasteiger partial charge in [-0.25, -0.2) is 0 Å². The zero-order valence-electron chi connectivity index (χ0n) is 31.4. The fourth-order valence-electron chi connectivity index (χ4n) is 9.98. The predicted molar refractivity (Wildman–Crippen MR) is 248 cm³/mol. The van der Waals surface area contributed by atoms with Crippen molar-refractivity contribution in [3.8, 4) is 11.1 Å². The highest BCUT2D eigenvalue weighted by molar-refractivity contribution is 6.38. The van der Waals surface area contributed by atoms with Crippen LogP contribution in [-0.2, 0) is 0 Å². The van der Waals surface area contributed by atoms with Crippen molar-refractivity contribution in [3.05, 3.63) is 200 Å². The molecule has 13 rings (SSSR count). The van der Waals surface area contributed by atoms with Crippen LogP contribution in [0.5, 0.6) is 0 Å². The SMILES string of the molecule is c1ccc2cc(N(c3ccc(-c4cccc5c4oc4ccccc45)cc3)c3cc4cccc5c6cccc7ccc8cccc(c9cccc3c9c45)c8c76)ccc2c1. The zero-order chi connectivity index (χ0) is 37.9. The molecule has 268 valence electrons. The van der Waals surface area contributed by atoms with Crippen LogP contribution in [-0.4, -0.2) is 0 Å². The number of anilines is 3. The lowest BCUT2D eigenvalue weighted by Gasteiger charge is -2.28. The molecule has 13 aromatic rings. The van der Waals surface area contributed by atoms with E-state index < -0.39 is 0 Å². The van der Waals surface area contributed by atoms with E-state index in [9.17, 15) is 0 Å². The second kappa shape index (κ2) is 11.9. The smallest absolute Gasteiger partial charge is 0.143 e. The zero-order valence-corrected chi connectivity index (χ0v) is 31.4. The van der Waals surface area contributed by atoms with Gasteiger partial charge < -0.3 is 9.32 Å². The summed E-state index contributed by atoms with van der Waals surface area (Å²) in [5.41, 5.74) is 7.36. The predicted octanol–water partition coefficient (Wildman–Crippen LogP) is 16.2. The van der Waals surface area contributed by atoms with Crippen LogP contribution in [0.3, 0.4) is 0 Å². The Labute approximate surface area is 333 Å². The fraction of sp³-hybridized carbons (Fsp3) is 0. The molecule has 0 spiro atoms. The third-order valence-corrected chi connectivity index (χ3v) is 12.5. The molecule has 0 atom stereocenters. The van der Waals surface area contributed by atoms with Crippen LogP contribution in [0.1, 0.15) is 0 Å². The number of hydrogen-bond donors (Lipinski definition) is 0. The summed E-state index contributed by atoms with van der Waals surface area (Å²) in [4.78, 5) is 2.46. The average Bonchev–Trinajstić information content (AvgIpc) is 3.67. The normalized spacial score (nSPS) is 12.1. The lowest BCUT2D eigenvalue weighted by atomic mass is 9.87. The van der Waals surface area contributed by atoms with Gasteiger partial charge in [-0.1, -0.05) is 164 Å². The maximum absolute atomic E-state index is 6.48. The molecule has 0 amide bonds. The first kappa shape index (κ1) is 31.5. The Morgan fingerprint density at radius 3 is 1.59 bits per heavy atom. The van der Waals surface area contributed by atoms with Crippen molar-refractivity contribution in [1.82, 2.24) is 0 Å². The number of nitrogens with zero attached hydrogens (tertiary/aromatic N) is 1. The van der Waals surface area contributed by atoms with Crippen LogP contribution < -0.4 is 4.90 Å². The van der Waals surface area contributed by atoms with Crippen molar-refractivity contribution in [3.63, 3.8) is 0 Å². The minimum Gasteiger partial charge on any atom is -0.455 e. The fourth-order valence-corrected chi connectivity index (χ4v) is 9.98. The van der Waals surface area contributed by atoms with Crippen LogP contribution in [0.25, 0.3) is 108 Å². The Balaban J connectivity index is 1.12. The first-order chi connectivity index (χ1) is 28.8. The first-order valence-electron chi connectivity index (χ1n) is 20.0. The monoisotopic (exact) mass is 735 g/mol. The lowest BCUT2D eigenvalue weighted by molar-refractivity contribution is 0.670. The Morgan fingerprint density at radius 2 is 0.828 bits per heavy atom. The molecule has 1 aromatic heterocycles. The molecule has 0 aliphatic heterocycles. The summed E-state index contributed by atoms with van der Waals surface area (Å²) in [7, 11) is 0. The number of hydrogen-bond acceptors (Lipinski definition) is 2. The van der Waals surface area contributed by atoms with E-state index in [1.807, 2.05) is 12.1 Å². The van der Waals surface area contributed by atoms with Gasteiger partial charge in [0.25, 0.3) is 0 Å². The van der Waals surface area contributed by atoms with Crippen molar-refractivity contribution < 1.29 is 4.42 Å². The molecule has 58 heavy (non-hydrogen) atoms. The van der Waals surface area contributed by atoms with Gasteiger partial charge in [-0.2, -0.15) is 0 Å². The van der Waals surface area contributed by atoms with Gasteiger partial charge in [-0.3, -0.25) is 0 Å². The molecular weight excluding hydrogens is 703 g/mol. The summed E-state index contributed by atoms with van der Waals surface area (Å²) in [5.74, 6) is 0. The Hall–Kier alpha value is -7.68. The average molecular weight is 736 g/mol. The molecule has 2 heteroatoms. The van der Waals surface area contributed by atoms with Crippen LogP contribution in [0.15, 0.2) is 205 Å². The third-order valence-electron chi connectivity index (χ3n) is 12.5. The van der Waals surface area contributed by atoms with E-state index in [1.54, 1.807) is 0 Å². The quantitative estimate of drug-likeness (QED) is 0.167. The number of para-hydroxylation sites is 2. The first-order valence-corrected chi connectivity index (χ1v) is 20.0. The van der Waals surface area contributed by atoms with Gasteiger partial charge in [0.1, 0.15) is 11.2 Å². The van der Waals surface area contributed by atoms with Gasteiger partial charge in [0.05, 0.1) is 5.69 Å². The summed E-state index contributed by atoms with van der Waals surface area (Å²) in [6.45, 7) is 0. The second-order valence-electron chi connectivity index (χ2n) is 15.6. The molecule has 2 nitrogen and oxygen atoms in total. The second-order valence-corrected chi connectivity index (χ2v) is 15.6. The van der Waals surface area contributed by atoms with E-state index in [1.165, 1.54) is 75.4 Å². The highest BCUT2D eigenvalue weighted by atomic mass is 16.3. The summed E-state index contributed by atoms with van der Waals surface area (Å²) in [5, 5.41) is 20.0. The maximum atomic E-state index is 6.48. The molecule has 0 bridgehead atoms. The highest BCUT2D eigenvalue weighted by Crippen LogP contribution is 2.48. The Bertz CT molecular complexity index is 3800.